The Labute approximate surface area is 88.1 Å². The fraction of sp³-hybridized carbons (Fsp3) is 0.250. The third kappa shape index (κ3) is 2.72. The number of aliphatic hydroxyl groups is 1. The van der Waals surface area contributed by atoms with E-state index in [9.17, 15) is 5.11 Å². The van der Waals surface area contributed by atoms with E-state index in [1.54, 1.807) is 0 Å². The van der Waals surface area contributed by atoms with Crippen LogP contribution in [0.3, 0.4) is 0 Å². The summed E-state index contributed by atoms with van der Waals surface area (Å²) in [6.07, 6.45) is -0.382. The van der Waals surface area contributed by atoms with Gasteiger partial charge in [-0.2, -0.15) is 0 Å². The maximum atomic E-state index is 9.37. The molecule has 0 heterocycles. The molecule has 0 aromatic heterocycles. The standard InChI is InChI=1S/C8H8BrIO/c9-5-8(11)6-1-3-7(10)4-2-6/h1-4,8,11H,5H2/t8-/m1/s1. The highest BCUT2D eigenvalue weighted by molar-refractivity contribution is 14.1. The predicted molar refractivity (Wildman–Crippen MR) is 57.9 cm³/mol. The number of rotatable bonds is 2. The molecule has 1 aromatic carbocycles. The lowest BCUT2D eigenvalue weighted by atomic mass is 10.1. The van der Waals surface area contributed by atoms with E-state index in [-0.39, 0.29) is 6.10 Å². The van der Waals surface area contributed by atoms with Gasteiger partial charge < -0.3 is 5.11 Å². The largest absolute Gasteiger partial charge is 0.388 e. The lowest BCUT2D eigenvalue weighted by Crippen LogP contribution is -1.97. The summed E-state index contributed by atoms with van der Waals surface area (Å²) in [6.45, 7) is 0. The summed E-state index contributed by atoms with van der Waals surface area (Å²) in [5.41, 5.74) is 0.960. The van der Waals surface area contributed by atoms with Crippen molar-refractivity contribution >= 4 is 38.5 Å². The van der Waals surface area contributed by atoms with Gasteiger partial charge in [0.15, 0.2) is 0 Å². The first-order valence-corrected chi connectivity index (χ1v) is 5.43. The van der Waals surface area contributed by atoms with Crippen LogP contribution >= 0.6 is 38.5 Å². The van der Waals surface area contributed by atoms with Crippen molar-refractivity contribution in [3.05, 3.63) is 33.4 Å². The van der Waals surface area contributed by atoms with E-state index in [1.165, 1.54) is 3.57 Å². The van der Waals surface area contributed by atoms with Crippen LogP contribution in [0.4, 0.5) is 0 Å². The molecular formula is C8H8BrIO. The van der Waals surface area contributed by atoms with Crippen LogP contribution in [0.25, 0.3) is 0 Å². The summed E-state index contributed by atoms with van der Waals surface area (Å²) < 4.78 is 1.19. The lowest BCUT2D eigenvalue weighted by Gasteiger charge is -2.05. The fourth-order valence-corrected chi connectivity index (χ4v) is 1.51. The maximum Gasteiger partial charge on any atom is 0.0886 e. The SMILES string of the molecule is O[C@H](CBr)c1ccc(I)cc1. The van der Waals surface area contributed by atoms with Gasteiger partial charge in [0.1, 0.15) is 0 Å². The number of halogens is 2. The number of hydrogen-bond acceptors (Lipinski definition) is 1. The molecule has 0 unspecified atom stereocenters. The molecule has 0 saturated carbocycles. The van der Waals surface area contributed by atoms with Gasteiger partial charge in [-0.15, -0.1) is 0 Å². The first kappa shape index (κ1) is 9.48. The Morgan fingerprint density at radius 1 is 1.36 bits per heavy atom. The highest BCUT2D eigenvalue weighted by Gasteiger charge is 2.03. The third-order valence-corrected chi connectivity index (χ3v) is 2.73. The van der Waals surface area contributed by atoms with Gasteiger partial charge in [0.25, 0.3) is 0 Å². The monoisotopic (exact) mass is 326 g/mol. The third-order valence-electron chi connectivity index (χ3n) is 1.40. The minimum absolute atomic E-state index is 0.382. The molecule has 0 spiro atoms. The quantitative estimate of drug-likeness (QED) is 0.654. The molecular weight excluding hydrogens is 319 g/mol. The lowest BCUT2D eigenvalue weighted by molar-refractivity contribution is 0.205. The minimum Gasteiger partial charge on any atom is -0.388 e. The van der Waals surface area contributed by atoms with Crippen LogP contribution in [0, 0.1) is 3.57 Å². The average Bonchev–Trinajstić information content (AvgIpc) is 2.05. The van der Waals surface area contributed by atoms with Crippen molar-refractivity contribution in [2.75, 3.05) is 5.33 Å². The minimum atomic E-state index is -0.382. The van der Waals surface area contributed by atoms with Crippen LogP contribution < -0.4 is 0 Å². The van der Waals surface area contributed by atoms with Gasteiger partial charge in [-0.25, -0.2) is 0 Å². The molecule has 0 saturated heterocycles. The Bertz CT molecular complexity index is 222. The van der Waals surface area contributed by atoms with Crippen LogP contribution in [0.2, 0.25) is 0 Å². The first-order chi connectivity index (χ1) is 5.24. The van der Waals surface area contributed by atoms with Gasteiger partial charge in [-0.3, -0.25) is 0 Å². The summed E-state index contributed by atoms with van der Waals surface area (Å²) in [4.78, 5) is 0. The molecule has 0 radical (unpaired) electrons. The van der Waals surface area contributed by atoms with E-state index in [1.807, 2.05) is 24.3 Å². The highest BCUT2D eigenvalue weighted by atomic mass is 127. The van der Waals surface area contributed by atoms with Gasteiger partial charge in [0.05, 0.1) is 6.10 Å². The van der Waals surface area contributed by atoms with Crippen molar-refractivity contribution in [3.63, 3.8) is 0 Å². The zero-order valence-corrected chi connectivity index (χ0v) is 9.54. The van der Waals surface area contributed by atoms with E-state index < -0.39 is 0 Å². The number of benzene rings is 1. The molecule has 0 fully saturated rings. The van der Waals surface area contributed by atoms with Crippen molar-refractivity contribution in [1.82, 2.24) is 0 Å². The first-order valence-electron chi connectivity index (χ1n) is 3.23. The highest BCUT2D eigenvalue weighted by Crippen LogP contribution is 2.16. The van der Waals surface area contributed by atoms with Gasteiger partial charge in [0, 0.05) is 8.90 Å². The predicted octanol–water partition coefficient (Wildman–Crippen LogP) is 2.72. The Kier molecular flexibility index (Phi) is 3.81. The van der Waals surface area contributed by atoms with Crippen molar-refractivity contribution in [3.8, 4) is 0 Å². The fourth-order valence-electron chi connectivity index (χ4n) is 0.774. The molecule has 0 bridgehead atoms. The maximum absolute atomic E-state index is 9.37. The molecule has 1 nitrogen and oxygen atoms in total. The topological polar surface area (TPSA) is 20.2 Å². The summed E-state index contributed by atoms with van der Waals surface area (Å²) in [7, 11) is 0. The van der Waals surface area contributed by atoms with Gasteiger partial charge in [-0.05, 0) is 40.3 Å². The van der Waals surface area contributed by atoms with Gasteiger partial charge in [-0.1, -0.05) is 28.1 Å². The number of aliphatic hydroxyl groups excluding tert-OH is 1. The molecule has 1 atom stereocenters. The summed E-state index contributed by atoms with van der Waals surface area (Å²) in [5, 5.41) is 9.96. The second-order valence-electron chi connectivity index (χ2n) is 2.22. The van der Waals surface area contributed by atoms with Crippen LogP contribution in [-0.2, 0) is 0 Å². The van der Waals surface area contributed by atoms with Gasteiger partial charge >= 0.3 is 0 Å². The molecule has 0 aliphatic rings. The molecule has 0 aliphatic carbocycles. The van der Waals surface area contributed by atoms with Crippen molar-refractivity contribution in [1.29, 1.82) is 0 Å². The Morgan fingerprint density at radius 2 is 1.91 bits per heavy atom. The van der Waals surface area contributed by atoms with Crippen LogP contribution in [0.1, 0.15) is 11.7 Å². The van der Waals surface area contributed by atoms with Gasteiger partial charge in [0.2, 0.25) is 0 Å². The molecule has 1 aromatic rings. The Hall–Kier alpha value is 0.390. The van der Waals surface area contributed by atoms with Crippen molar-refractivity contribution in [2.45, 2.75) is 6.10 Å². The Balaban J connectivity index is 2.81. The second-order valence-corrected chi connectivity index (χ2v) is 4.11. The summed E-state index contributed by atoms with van der Waals surface area (Å²) in [6, 6.07) is 7.85. The summed E-state index contributed by atoms with van der Waals surface area (Å²) in [5.74, 6) is 0. The van der Waals surface area contributed by atoms with E-state index in [0.29, 0.717) is 5.33 Å². The van der Waals surface area contributed by atoms with E-state index in [4.69, 9.17) is 0 Å². The normalized spacial score (nSPS) is 13.0. The van der Waals surface area contributed by atoms with E-state index in [2.05, 4.69) is 38.5 Å². The van der Waals surface area contributed by atoms with E-state index in [0.717, 1.165) is 5.56 Å². The molecule has 11 heavy (non-hydrogen) atoms. The van der Waals surface area contributed by atoms with Crippen LogP contribution in [-0.4, -0.2) is 10.4 Å². The molecule has 3 heteroatoms. The zero-order chi connectivity index (χ0) is 8.27. The smallest absolute Gasteiger partial charge is 0.0886 e. The van der Waals surface area contributed by atoms with Crippen LogP contribution in [0.5, 0.6) is 0 Å². The molecule has 0 aliphatic heterocycles. The number of alkyl halides is 1. The molecule has 1 rings (SSSR count). The second kappa shape index (κ2) is 4.42. The van der Waals surface area contributed by atoms with E-state index >= 15 is 0 Å². The molecule has 1 N–H and O–H groups in total. The van der Waals surface area contributed by atoms with Crippen molar-refractivity contribution < 1.29 is 5.11 Å². The number of hydrogen-bond donors (Lipinski definition) is 1. The van der Waals surface area contributed by atoms with Crippen molar-refractivity contribution in [2.24, 2.45) is 0 Å². The molecule has 60 valence electrons. The Morgan fingerprint density at radius 3 is 2.36 bits per heavy atom. The molecule has 0 amide bonds. The zero-order valence-electron chi connectivity index (χ0n) is 5.80. The summed E-state index contributed by atoms with van der Waals surface area (Å²) >= 11 is 5.46. The average molecular weight is 327 g/mol. The van der Waals surface area contributed by atoms with Crippen LogP contribution in [0.15, 0.2) is 24.3 Å².